The van der Waals surface area contributed by atoms with Crippen LogP contribution in [0.4, 0.5) is 14.9 Å². The lowest BCUT2D eigenvalue weighted by molar-refractivity contribution is -0.127. The summed E-state index contributed by atoms with van der Waals surface area (Å²) in [6.07, 6.45) is 3.83. The first-order valence-corrected chi connectivity index (χ1v) is 14.3. The molecule has 0 atom stereocenters. The van der Waals surface area contributed by atoms with E-state index in [1.54, 1.807) is 18.2 Å². The van der Waals surface area contributed by atoms with Crippen molar-refractivity contribution in [3.8, 4) is 11.5 Å². The van der Waals surface area contributed by atoms with Crippen LogP contribution in [0, 0.1) is 9.39 Å². The van der Waals surface area contributed by atoms with Gasteiger partial charge in [0.25, 0.3) is 11.1 Å². The van der Waals surface area contributed by atoms with Crippen molar-refractivity contribution in [3.05, 3.63) is 104 Å². The van der Waals surface area contributed by atoms with Crippen molar-refractivity contribution in [2.75, 3.05) is 18.5 Å². The maximum atomic E-state index is 13.4. The second-order valence-electron chi connectivity index (χ2n) is 8.67. The molecule has 0 spiro atoms. The first kappa shape index (κ1) is 29.3. The highest BCUT2D eigenvalue weighted by Gasteiger charge is 2.36. The van der Waals surface area contributed by atoms with Gasteiger partial charge in [0.05, 0.1) is 11.5 Å². The number of carbonyl (C=O) groups is 3. The molecule has 0 bridgehead atoms. The van der Waals surface area contributed by atoms with E-state index in [-0.39, 0.29) is 10.6 Å². The number of imide groups is 1. The summed E-state index contributed by atoms with van der Waals surface area (Å²) in [4.78, 5) is 39.1. The molecule has 0 aromatic heterocycles. The van der Waals surface area contributed by atoms with Gasteiger partial charge in [0.1, 0.15) is 19.0 Å². The van der Waals surface area contributed by atoms with Crippen molar-refractivity contribution in [1.82, 2.24) is 4.90 Å². The average molecular weight is 673 g/mol. The van der Waals surface area contributed by atoms with E-state index in [1.165, 1.54) is 18.2 Å². The van der Waals surface area contributed by atoms with Crippen molar-refractivity contribution in [1.29, 1.82) is 0 Å². The van der Waals surface area contributed by atoms with Crippen LogP contribution >= 0.6 is 34.4 Å². The Hall–Kier alpha value is -3.64. The van der Waals surface area contributed by atoms with Gasteiger partial charge in [0, 0.05) is 14.8 Å². The summed E-state index contributed by atoms with van der Waals surface area (Å²) in [6, 6.07) is 17.0. The molecule has 1 saturated heterocycles. The highest BCUT2D eigenvalue weighted by atomic mass is 127. The summed E-state index contributed by atoms with van der Waals surface area (Å²) in [7, 11) is 0. The molecule has 0 saturated carbocycles. The second kappa shape index (κ2) is 13.6. The van der Waals surface area contributed by atoms with Gasteiger partial charge in [-0.1, -0.05) is 24.3 Å². The fraction of sp³-hybridized carbons (Fsp3) is 0.167. The van der Waals surface area contributed by atoms with E-state index in [4.69, 9.17) is 9.47 Å². The SMILES string of the molecule is C=CCc1cc(/C=C2/SC(=O)N(CC(=O)Nc3cccc(F)c3)C2=O)cc(OCC)c1OCc1ccc(I)cc1. The van der Waals surface area contributed by atoms with Crippen LogP contribution in [-0.2, 0) is 22.6 Å². The molecule has 7 nitrogen and oxygen atoms in total. The fourth-order valence-corrected chi connectivity index (χ4v) is 5.13. The minimum absolute atomic E-state index is 0.170. The molecule has 3 amide bonds. The molecule has 1 heterocycles. The number of ether oxygens (including phenoxy) is 2. The fourth-order valence-electron chi connectivity index (χ4n) is 3.93. The third-order valence-electron chi connectivity index (χ3n) is 5.70. The van der Waals surface area contributed by atoms with Crippen LogP contribution in [0.25, 0.3) is 6.08 Å². The molecule has 0 radical (unpaired) electrons. The van der Waals surface area contributed by atoms with Crippen LogP contribution in [0.2, 0.25) is 0 Å². The Labute approximate surface area is 249 Å². The predicted molar refractivity (Wildman–Crippen MR) is 163 cm³/mol. The summed E-state index contributed by atoms with van der Waals surface area (Å²) in [5.41, 5.74) is 2.68. The van der Waals surface area contributed by atoms with Crippen molar-refractivity contribution in [2.45, 2.75) is 20.0 Å². The quantitative estimate of drug-likeness (QED) is 0.137. The zero-order valence-electron chi connectivity index (χ0n) is 21.6. The summed E-state index contributed by atoms with van der Waals surface area (Å²) in [5.74, 6) is -0.630. The van der Waals surface area contributed by atoms with Crippen LogP contribution in [-0.4, -0.2) is 35.1 Å². The standard InChI is InChI=1S/C30H26FIN2O5S/c1-3-6-21-13-20(14-25(38-4-2)28(21)39-18-19-9-11-23(32)12-10-19)15-26-29(36)34(30(37)40-26)17-27(35)33-24-8-5-7-22(31)16-24/h3,5,7-16H,1,4,6,17-18H2,2H3,(H,33,35)/b26-15+. The summed E-state index contributed by atoms with van der Waals surface area (Å²) in [6.45, 7) is 5.96. The third-order valence-corrected chi connectivity index (χ3v) is 7.32. The van der Waals surface area contributed by atoms with E-state index in [0.717, 1.165) is 37.4 Å². The van der Waals surface area contributed by atoms with Crippen molar-refractivity contribution in [3.63, 3.8) is 0 Å². The van der Waals surface area contributed by atoms with Gasteiger partial charge < -0.3 is 14.8 Å². The van der Waals surface area contributed by atoms with Crippen LogP contribution in [0.5, 0.6) is 11.5 Å². The predicted octanol–water partition coefficient (Wildman–Crippen LogP) is 6.81. The van der Waals surface area contributed by atoms with E-state index in [1.807, 2.05) is 37.3 Å². The molecule has 206 valence electrons. The van der Waals surface area contributed by atoms with Crippen molar-refractivity contribution >= 4 is 63.2 Å². The van der Waals surface area contributed by atoms with Crippen LogP contribution in [0.3, 0.4) is 0 Å². The van der Waals surface area contributed by atoms with Gasteiger partial charge in [-0.2, -0.15) is 0 Å². The van der Waals surface area contributed by atoms with Crippen LogP contribution in [0.1, 0.15) is 23.6 Å². The lowest BCUT2D eigenvalue weighted by atomic mass is 10.0. The minimum Gasteiger partial charge on any atom is -0.490 e. The number of hydrogen-bond acceptors (Lipinski definition) is 6. The normalized spacial score (nSPS) is 14.0. The Morgan fingerprint density at radius 3 is 2.60 bits per heavy atom. The Balaban J connectivity index is 1.54. The van der Waals surface area contributed by atoms with Gasteiger partial charge >= 0.3 is 0 Å². The number of anilines is 1. The van der Waals surface area contributed by atoms with Gasteiger partial charge in [-0.25, -0.2) is 4.39 Å². The maximum absolute atomic E-state index is 13.4. The van der Waals surface area contributed by atoms with Crippen molar-refractivity contribution < 1.29 is 28.2 Å². The van der Waals surface area contributed by atoms with E-state index >= 15 is 0 Å². The number of nitrogens with zero attached hydrogens (tertiary/aromatic N) is 1. The van der Waals surface area contributed by atoms with E-state index in [9.17, 15) is 18.8 Å². The first-order valence-electron chi connectivity index (χ1n) is 12.4. The number of carbonyl (C=O) groups excluding carboxylic acids is 3. The van der Waals surface area contributed by atoms with E-state index < -0.39 is 29.4 Å². The van der Waals surface area contributed by atoms with Crippen LogP contribution in [0.15, 0.2) is 78.2 Å². The molecule has 1 N–H and O–H groups in total. The zero-order valence-corrected chi connectivity index (χ0v) is 24.6. The smallest absolute Gasteiger partial charge is 0.294 e. The monoisotopic (exact) mass is 672 g/mol. The number of allylic oxidation sites excluding steroid dienone is 1. The average Bonchev–Trinajstić information content (AvgIpc) is 3.16. The summed E-state index contributed by atoms with van der Waals surface area (Å²) in [5, 5.41) is 1.93. The maximum Gasteiger partial charge on any atom is 0.294 e. The molecule has 0 unspecified atom stereocenters. The Morgan fingerprint density at radius 2 is 1.90 bits per heavy atom. The zero-order chi connectivity index (χ0) is 28.6. The lowest BCUT2D eigenvalue weighted by Gasteiger charge is -2.17. The highest BCUT2D eigenvalue weighted by Crippen LogP contribution is 2.38. The van der Waals surface area contributed by atoms with Gasteiger partial charge in [-0.05, 0) is 107 Å². The Morgan fingerprint density at radius 1 is 1.12 bits per heavy atom. The number of halogens is 2. The highest BCUT2D eigenvalue weighted by molar-refractivity contribution is 14.1. The van der Waals surface area contributed by atoms with E-state index in [0.29, 0.717) is 36.7 Å². The van der Waals surface area contributed by atoms with Crippen molar-refractivity contribution in [2.24, 2.45) is 0 Å². The van der Waals surface area contributed by atoms with Gasteiger partial charge in [0.15, 0.2) is 11.5 Å². The van der Waals surface area contributed by atoms with Gasteiger partial charge in [-0.15, -0.1) is 6.58 Å². The Bertz CT molecular complexity index is 1480. The second-order valence-corrected chi connectivity index (χ2v) is 10.9. The molecule has 3 aromatic rings. The first-order chi connectivity index (χ1) is 19.3. The number of thioether (sulfide) groups is 1. The number of benzene rings is 3. The number of hydrogen-bond donors (Lipinski definition) is 1. The minimum atomic E-state index is -0.615. The molecule has 10 heteroatoms. The van der Waals surface area contributed by atoms with E-state index in [2.05, 4.69) is 34.5 Å². The molecule has 3 aromatic carbocycles. The summed E-state index contributed by atoms with van der Waals surface area (Å²) >= 11 is 2.99. The third kappa shape index (κ3) is 7.51. The van der Waals surface area contributed by atoms with Gasteiger partial charge in [0.2, 0.25) is 5.91 Å². The number of rotatable bonds is 11. The number of amides is 3. The molecule has 1 fully saturated rings. The van der Waals surface area contributed by atoms with Gasteiger partial charge in [-0.3, -0.25) is 19.3 Å². The Kier molecular flexibility index (Phi) is 9.99. The number of nitrogens with one attached hydrogen (secondary N) is 1. The molecule has 1 aliphatic heterocycles. The molecular formula is C30H26FIN2O5S. The molecular weight excluding hydrogens is 646 g/mol. The lowest BCUT2D eigenvalue weighted by Crippen LogP contribution is -2.36. The summed E-state index contributed by atoms with van der Waals surface area (Å²) < 4.78 is 26.6. The van der Waals surface area contributed by atoms with Crippen LogP contribution < -0.4 is 14.8 Å². The largest absolute Gasteiger partial charge is 0.490 e. The topological polar surface area (TPSA) is 84.9 Å². The molecule has 40 heavy (non-hydrogen) atoms. The molecule has 4 rings (SSSR count). The molecule has 0 aliphatic carbocycles. The molecule has 1 aliphatic rings.